The first-order chi connectivity index (χ1) is 9.10. The van der Waals surface area contributed by atoms with Gasteiger partial charge in [0.05, 0.1) is 7.11 Å². The Morgan fingerprint density at radius 2 is 2.26 bits per heavy atom. The first-order valence-electron chi connectivity index (χ1n) is 6.22. The van der Waals surface area contributed by atoms with Crippen molar-refractivity contribution >= 4 is 18.0 Å². The third kappa shape index (κ3) is 3.71. The van der Waals surface area contributed by atoms with Gasteiger partial charge >= 0.3 is 5.97 Å². The smallest absolute Gasteiger partial charge is 0.325 e. The maximum absolute atomic E-state index is 11.4. The molecule has 102 valence electrons. The van der Waals surface area contributed by atoms with Gasteiger partial charge in [0.15, 0.2) is 0 Å². The minimum absolute atomic E-state index is 0.136. The maximum atomic E-state index is 11.4. The van der Waals surface area contributed by atoms with Crippen LogP contribution in [0.15, 0.2) is 22.6 Å². The monoisotopic (exact) mass is 263 g/mol. The van der Waals surface area contributed by atoms with Crippen molar-refractivity contribution < 1.29 is 18.7 Å². The molecule has 0 unspecified atom stereocenters. The number of hydrogen-bond acceptors (Lipinski definition) is 4. The van der Waals surface area contributed by atoms with Gasteiger partial charge in [0.1, 0.15) is 18.1 Å². The Bertz CT molecular complexity index is 503. The fraction of sp³-hybridized carbons (Fsp3) is 0.429. The van der Waals surface area contributed by atoms with Crippen LogP contribution in [-0.4, -0.2) is 25.5 Å². The van der Waals surface area contributed by atoms with Crippen LogP contribution >= 0.6 is 0 Å². The summed E-state index contributed by atoms with van der Waals surface area (Å²) in [6, 6.07) is 3.78. The van der Waals surface area contributed by atoms with Gasteiger partial charge in [-0.25, -0.2) is 0 Å². The molecule has 5 nitrogen and oxygen atoms in total. The van der Waals surface area contributed by atoms with Gasteiger partial charge in [-0.1, -0.05) is 6.92 Å². The lowest BCUT2D eigenvalue weighted by molar-refractivity contribution is -0.140. The van der Waals surface area contributed by atoms with Gasteiger partial charge in [0, 0.05) is 12.0 Å². The molecule has 0 aliphatic heterocycles. The molecule has 1 aliphatic rings. The number of ether oxygens (including phenoxy) is 1. The highest BCUT2D eigenvalue weighted by molar-refractivity contribution is 5.93. The summed E-state index contributed by atoms with van der Waals surface area (Å²) in [7, 11) is 1.27. The van der Waals surface area contributed by atoms with E-state index in [9.17, 15) is 9.59 Å². The molecule has 1 aliphatic carbocycles. The number of methoxy groups -OCH3 is 1. The van der Waals surface area contributed by atoms with Crippen molar-refractivity contribution in [2.45, 2.75) is 19.3 Å². The van der Waals surface area contributed by atoms with Crippen molar-refractivity contribution in [2.75, 3.05) is 13.7 Å². The van der Waals surface area contributed by atoms with E-state index in [1.807, 2.05) is 12.1 Å². The van der Waals surface area contributed by atoms with Crippen LogP contribution in [0.5, 0.6) is 0 Å². The molecule has 0 radical (unpaired) electrons. The van der Waals surface area contributed by atoms with Crippen molar-refractivity contribution in [3.8, 4) is 0 Å². The van der Waals surface area contributed by atoms with Crippen molar-refractivity contribution in [1.29, 1.82) is 0 Å². The van der Waals surface area contributed by atoms with Crippen molar-refractivity contribution in [2.24, 2.45) is 5.92 Å². The Morgan fingerprint density at radius 1 is 1.53 bits per heavy atom. The van der Waals surface area contributed by atoms with Gasteiger partial charge in [-0.15, -0.1) is 0 Å². The number of amides is 1. The fourth-order valence-corrected chi connectivity index (χ4v) is 1.82. The maximum Gasteiger partial charge on any atom is 0.325 e. The van der Waals surface area contributed by atoms with Crippen LogP contribution in [0.4, 0.5) is 0 Å². The Balaban J connectivity index is 1.82. The lowest BCUT2D eigenvalue weighted by atomic mass is 10.3. The fourth-order valence-electron chi connectivity index (χ4n) is 1.82. The number of rotatable bonds is 5. The Morgan fingerprint density at radius 3 is 2.89 bits per heavy atom. The molecule has 1 amide bonds. The molecule has 0 spiro atoms. The standard InChI is InChI=1S/C14H17NO4/c1-9-7-11(9)12-5-3-10(19-12)4-6-13(16)15-8-14(17)18-2/h3-6,9,11H,7-8H2,1-2H3,(H,15,16)/b6-4+/t9-,11+/m0/s1. The predicted octanol–water partition coefficient (Wildman–Crippen LogP) is 1.71. The summed E-state index contributed by atoms with van der Waals surface area (Å²) >= 11 is 0. The largest absolute Gasteiger partial charge is 0.468 e. The lowest BCUT2D eigenvalue weighted by Crippen LogP contribution is -2.28. The van der Waals surface area contributed by atoms with E-state index < -0.39 is 5.97 Å². The summed E-state index contributed by atoms with van der Waals surface area (Å²) in [5, 5.41) is 2.41. The zero-order chi connectivity index (χ0) is 13.8. The number of esters is 1. The second-order valence-corrected chi connectivity index (χ2v) is 4.69. The average Bonchev–Trinajstić information content (AvgIpc) is 2.95. The van der Waals surface area contributed by atoms with Crippen molar-refractivity contribution in [3.05, 3.63) is 29.7 Å². The molecular formula is C14H17NO4. The van der Waals surface area contributed by atoms with Gasteiger partial charge < -0.3 is 14.5 Å². The number of nitrogens with one attached hydrogen (secondary N) is 1. The first kappa shape index (κ1) is 13.4. The molecule has 0 aromatic carbocycles. The molecule has 2 atom stereocenters. The molecule has 19 heavy (non-hydrogen) atoms. The highest BCUT2D eigenvalue weighted by Gasteiger charge is 2.36. The molecule has 1 heterocycles. The van der Waals surface area contributed by atoms with Gasteiger partial charge in [-0.3, -0.25) is 9.59 Å². The second kappa shape index (κ2) is 5.73. The van der Waals surface area contributed by atoms with Gasteiger partial charge in [-0.05, 0) is 30.5 Å². The number of furan rings is 1. The minimum Gasteiger partial charge on any atom is -0.468 e. The molecule has 0 saturated heterocycles. The van der Waals surface area contributed by atoms with Gasteiger partial charge in [0.2, 0.25) is 5.91 Å². The molecule has 0 bridgehead atoms. The third-order valence-corrected chi connectivity index (χ3v) is 3.16. The number of carbonyl (C=O) groups is 2. The van der Waals surface area contributed by atoms with Crippen molar-refractivity contribution in [1.82, 2.24) is 5.32 Å². The summed E-state index contributed by atoms with van der Waals surface area (Å²) in [6.07, 6.45) is 4.08. The normalized spacial score (nSPS) is 21.4. The Hall–Kier alpha value is -2.04. The second-order valence-electron chi connectivity index (χ2n) is 4.69. The van der Waals surface area contributed by atoms with Crippen LogP contribution in [0.3, 0.4) is 0 Å². The number of hydrogen-bond donors (Lipinski definition) is 1. The van der Waals surface area contributed by atoms with E-state index in [1.165, 1.54) is 13.2 Å². The highest BCUT2D eigenvalue weighted by Crippen LogP contribution is 2.47. The molecule has 5 heteroatoms. The van der Waals surface area contributed by atoms with E-state index in [0.29, 0.717) is 17.6 Å². The molecule has 1 N–H and O–H groups in total. The van der Waals surface area contributed by atoms with E-state index in [1.54, 1.807) is 6.08 Å². The number of carbonyl (C=O) groups excluding carboxylic acids is 2. The summed E-state index contributed by atoms with van der Waals surface area (Å²) in [5.41, 5.74) is 0. The average molecular weight is 263 g/mol. The quantitative estimate of drug-likeness (QED) is 0.648. The molecule has 1 saturated carbocycles. The van der Waals surface area contributed by atoms with E-state index >= 15 is 0 Å². The summed E-state index contributed by atoms with van der Waals surface area (Å²) in [4.78, 5) is 22.2. The van der Waals surface area contributed by atoms with Crippen LogP contribution in [0.2, 0.25) is 0 Å². The Kier molecular flexibility index (Phi) is 4.04. The topological polar surface area (TPSA) is 68.5 Å². The van der Waals surface area contributed by atoms with E-state index in [4.69, 9.17) is 4.42 Å². The van der Waals surface area contributed by atoms with Gasteiger partial charge in [-0.2, -0.15) is 0 Å². The third-order valence-electron chi connectivity index (χ3n) is 3.16. The van der Waals surface area contributed by atoms with Crippen LogP contribution < -0.4 is 5.32 Å². The minimum atomic E-state index is -0.482. The molecule has 1 fully saturated rings. The van der Waals surface area contributed by atoms with Crippen molar-refractivity contribution in [3.63, 3.8) is 0 Å². The predicted molar refractivity (Wildman–Crippen MR) is 69.3 cm³/mol. The SMILES string of the molecule is COC(=O)CNC(=O)/C=C/c1ccc([C@@H]2C[C@@H]2C)o1. The molecule has 1 aromatic rings. The van der Waals surface area contributed by atoms with Crippen LogP contribution in [0.25, 0.3) is 6.08 Å². The summed E-state index contributed by atoms with van der Waals surface area (Å²) in [6.45, 7) is 2.05. The molecule has 1 aromatic heterocycles. The molecule has 2 rings (SSSR count). The molecular weight excluding hydrogens is 246 g/mol. The van der Waals surface area contributed by atoms with Crippen LogP contribution in [0, 0.1) is 5.92 Å². The van der Waals surface area contributed by atoms with Crippen LogP contribution in [0.1, 0.15) is 30.8 Å². The highest BCUT2D eigenvalue weighted by atomic mass is 16.5. The van der Waals surface area contributed by atoms with E-state index in [0.717, 1.165) is 12.2 Å². The summed E-state index contributed by atoms with van der Waals surface area (Å²) < 4.78 is 10.0. The Labute approximate surface area is 111 Å². The zero-order valence-electron chi connectivity index (χ0n) is 11.0. The first-order valence-corrected chi connectivity index (χ1v) is 6.22. The van der Waals surface area contributed by atoms with E-state index in [-0.39, 0.29) is 12.5 Å². The summed E-state index contributed by atoms with van der Waals surface area (Å²) in [5.74, 6) is 1.99. The zero-order valence-corrected chi connectivity index (χ0v) is 11.0. The van der Waals surface area contributed by atoms with E-state index in [2.05, 4.69) is 17.0 Å². The lowest BCUT2D eigenvalue weighted by Gasteiger charge is -1.99. The van der Waals surface area contributed by atoms with Gasteiger partial charge in [0.25, 0.3) is 0 Å². The van der Waals surface area contributed by atoms with Crippen LogP contribution in [-0.2, 0) is 14.3 Å².